The molecule has 1 atom stereocenters. The van der Waals surface area contributed by atoms with Gasteiger partial charge in [-0.15, -0.1) is 0 Å². The van der Waals surface area contributed by atoms with Crippen LogP contribution in [-0.4, -0.2) is 49.2 Å². The molecule has 1 aliphatic rings. The van der Waals surface area contributed by atoms with Crippen LogP contribution in [0.2, 0.25) is 0 Å². The van der Waals surface area contributed by atoms with Crippen LogP contribution in [0.25, 0.3) is 0 Å². The Hall–Kier alpha value is -1.89. The smallest absolute Gasteiger partial charge is 0.224 e. The molecular weight excluding hydrogens is 340 g/mol. The third-order valence-corrected chi connectivity index (χ3v) is 6.25. The number of benzene rings is 1. The highest BCUT2D eigenvalue weighted by Crippen LogP contribution is 2.19. The standard InChI is InChI=1S/C18H26N2O4S/c1-3-14-6-5-7-15(12-14)19-17(21)8-9-18(22)20(4-2)16-10-11-25(23,24)13-16/h5-7,12,16H,3-4,8-11,13H2,1-2H3,(H,19,21). The highest BCUT2D eigenvalue weighted by Gasteiger charge is 2.33. The first-order valence-corrected chi connectivity index (χ1v) is 10.6. The predicted octanol–water partition coefficient (Wildman–Crippen LogP) is 2.00. The van der Waals surface area contributed by atoms with Crippen molar-refractivity contribution >= 4 is 27.3 Å². The molecular formula is C18H26N2O4S. The van der Waals surface area contributed by atoms with Crippen molar-refractivity contribution in [2.45, 2.75) is 45.6 Å². The summed E-state index contributed by atoms with van der Waals surface area (Å²) in [5, 5.41) is 2.81. The molecule has 1 saturated heterocycles. The first kappa shape index (κ1) is 19.4. The van der Waals surface area contributed by atoms with Crippen LogP contribution in [0.4, 0.5) is 5.69 Å². The summed E-state index contributed by atoms with van der Waals surface area (Å²) in [5.41, 5.74) is 1.86. The number of hydrogen-bond donors (Lipinski definition) is 1. The van der Waals surface area contributed by atoms with Crippen molar-refractivity contribution in [1.82, 2.24) is 4.90 Å². The molecule has 2 rings (SSSR count). The van der Waals surface area contributed by atoms with Crippen molar-refractivity contribution in [2.24, 2.45) is 0 Å². The number of carbonyl (C=O) groups excluding carboxylic acids is 2. The van der Waals surface area contributed by atoms with Gasteiger partial charge >= 0.3 is 0 Å². The average Bonchev–Trinajstić information content (AvgIpc) is 2.93. The molecule has 1 aromatic carbocycles. The van der Waals surface area contributed by atoms with Gasteiger partial charge < -0.3 is 10.2 Å². The monoisotopic (exact) mass is 366 g/mol. The van der Waals surface area contributed by atoms with E-state index in [1.165, 1.54) is 0 Å². The Morgan fingerprint density at radius 3 is 2.60 bits per heavy atom. The maximum Gasteiger partial charge on any atom is 0.224 e. The van der Waals surface area contributed by atoms with Gasteiger partial charge in [-0.05, 0) is 37.5 Å². The van der Waals surface area contributed by atoms with Crippen LogP contribution in [0.3, 0.4) is 0 Å². The van der Waals surface area contributed by atoms with Crippen molar-refractivity contribution in [1.29, 1.82) is 0 Å². The fraction of sp³-hybridized carbons (Fsp3) is 0.556. The SMILES string of the molecule is CCc1cccc(NC(=O)CCC(=O)N(CC)C2CCS(=O)(=O)C2)c1. The first-order valence-electron chi connectivity index (χ1n) is 8.73. The summed E-state index contributed by atoms with van der Waals surface area (Å²) in [6.45, 7) is 4.33. The number of nitrogens with one attached hydrogen (secondary N) is 1. The van der Waals surface area contributed by atoms with E-state index in [9.17, 15) is 18.0 Å². The van der Waals surface area contributed by atoms with E-state index in [0.29, 0.717) is 13.0 Å². The molecule has 138 valence electrons. The van der Waals surface area contributed by atoms with E-state index in [4.69, 9.17) is 0 Å². The van der Waals surface area contributed by atoms with E-state index >= 15 is 0 Å². The van der Waals surface area contributed by atoms with E-state index in [2.05, 4.69) is 5.32 Å². The number of hydrogen-bond acceptors (Lipinski definition) is 4. The molecule has 1 heterocycles. The van der Waals surface area contributed by atoms with Crippen LogP contribution < -0.4 is 5.32 Å². The molecule has 1 unspecified atom stereocenters. The molecule has 7 heteroatoms. The lowest BCUT2D eigenvalue weighted by molar-refractivity contribution is -0.134. The summed E-state index contributed by atoms with van der Waals surface area (Å²) in [7, 11) is -3.04. The number of nitrogens with zero attached hydrogens (tertiary/aromatic N) is 1. The lowest BCUT2D eigenvalue weighted by Gasteiger charge is -2.26. The van der Waals surface area contributed by atoms with Crippen molar-refractivity contribution in [3.63, 3.8) is 0 Å². The number of sulfone groups is 1. The molecule has 0 saturated carbocycles. The van der Waals surface area contributed by atoms with E-state index in [-0.39, 0.29) is 42.2 Å². The molecule has 0 aromatic heterocycles. The van der Waals surface area contributed by atoms with Gasteiger partial charge in [-0.1, -0.05) is 19.1 Å². The Labute approximate surface area is 149 Å². The van der Waals surface area contributed by atoms with Crippen molar-refractivity contribution in [3.05, 3.63) is 29.8 Å². The number of anilines is 1. The van der Waals surface area contributed by atoms with Gasteiger partial charge in [0.2, 0.25) is 11.8 Å². The molecule has 1 fully saturated rings. The third kappa shape index (κ3) is 5.56. The zero-order valence-electron chi connectivity index (χ0n) is 14.8. The van der Waals surface area contributed by atoms with E-state index in [1.807, 2.05) is 38.1 Å². The summed E-state index contributed by atoms with van der Waals surface area (Å²) in [6, 6.07) is 7.36. The summed E-state index contributed by atoms with van der Waals surface area (Å²) >= 11 is 0. The van der Waals surface area contributed by atoms with Gasteiger partial charge in [-0.2, -0.15) is 0 Å². The number of rotatable bonds is 7. The van der Waals surface area contributed by atoms with Crippen LogP contribution in [0.1, 0.15) is 38.7 Å². The van der Waals surface area contributed by atoms with Crippen LogP contribution in [0.15, 0.2) is 24.3 Å². The van der Waals surface area contributed by atoms with E-state index in [1.54, 1.807) is 4.90 Å². The molecule has 6 nitrogen and oxygen atoms in total. The number of carbonyl (C=O) groups is 2. The first-order chi connectivity index (χ1) is 11.8. The minimum atomic E-state index is -3.04. The maximum atomic E-state index is 12.4. The Balaban J connectivity index is 1.86. The van der Waals surface area contributed by atoms with Gasteiger partial charge in [0.15, 0.2) is 9.84 Å². The van der Waals surface area contributed by atoms with Crippen molar-refractivity contribution in [2.75, 3.05) is 23.4 Å². The molecule has 0 bridgehead atoms. The topological polar surface area (TPSA) is 83.6 Å². The van der Waals surface area contributed by atoms with Crippen LogP contribution in [0.5, 0.6) is 0 Å². The van der Waals surface area contributed by atoms with Gasteiger partial charge in [-0.3, -0.25) is 9.59 Å². The quantitative estimate of drug-likeness (QED) is 0.800. The zero-order valence-corrected chi connectivity index (χ0v) is 15.6. The lowest BCUT2D eigenvalue weighted by atomic mass is 10.1. The highest BCUT2D eigenvalue weighted by atomic mass is 32.2. The van der Waals surface area contributed by atoms with Crippen molar-refractivity contribution < 1.29 is 18.0 Å². The summed E-state index contributed by atoms with van der Waals surface area (Å²) in [4.78, 5) is 26.0. The predicted molar refractivity (Wildman–Crippen MR) is 98.1 cm³/mol. The third-order valence-electron chi connectivity index (χ3n) is 4.50. The average molecular weight is 366 g/mol. The molecule has 1 N–H and O–H groups in total. The molecule has 0 radical (unpaired) electrons. The largest absolute Gasteiger partial charge is 0.339 e. The summed E-state index contributed by atoms with van der Waals surface area (Å²) < 4.78 is 23.2. The molecule has 2 amide bonds. The van der Waals surface area contributed by atoms with E-state index in [0.717, 1.165) is 17.7 Å². The molecule has 25 heavy (non-hydrogen) atoms. The second kappa shape index (κ2) is 8.47. The Morgan fingerprint density at radius 1 is 1.24 bits per heavy atom. The Morgan fingerprint density at radius 2 is 2.00 bits per heavy atom. The van der Waals surface area contributed by atoms with Gasteiger partial charge in [0.25, 0.3) is 0 Å². The number of aryl methyl sites for hydroxylation is 1. The number of amides is 2. The molecule has 1 aliphatic heterocycles. The van der Waals surface area contributed by atoms with Gasteiger partial charge in [0, 0.05) is 31.1 Å². The van der Waals surface area contributed by atoms with Crippen LogP contribution in [-0.2, 0) is 25.8 Å². The molecule has 1 aromatic rings. The Kier molecular flexibility index (Phi) is 6.58. The zero-order chi connectivity index (χ0) is 18.4. The van der Waals surface area contributed by atoms with Gasteiger partial charge in [-0.25, -0.2) is 8.42 Å². The van der Waals surface area contributed by atoms with Gasteiger partial charge in [0.1, 0.15) is 0 Å². The van der Waals surface area contributed by atoms with Gasteiger partial charge in [0.05, 0.1) is 11.5 Å². The molecule has 0 aliphatic carbocycles. The summed E-state index contributed by atoms with van der Waals surface area (Å²) in [5.74, 6) is -0.211. The second-order valence-electron chi connectivity index (χ2n) is 6.34. The van der Waals surface area contributed by atoms with Crippen LogP contribution in [0, 0.1) is 0 Å². The fourth-order valence-electron chi connectivity index (χ4n) is 3.12. The fourth-order valence-corrected chi connectivity index (χ4v) is 4.85. The normalized spacial score (nSPS) is 18.7. The second-order valence-corrected chi connectivity index (χ2v) is 8.57. The minimum Gasteiger partial charge on any atom is -0.339 e. The molecule has 0 spiro atoms. The van der Waals surface area contributed by atoms with Crippen molar-refractivity contribution in [3.8, 4) is 0 Å². The lowest BCUT2D eigenvalue weighted by Crippen LogP contribution is -2.41. The highest BCUT2D eigenvalue weighted by molar-refractivity contribution is 7.91. The summed E-state index contributed by atoms with van der Waals surface area (Å²) in [6.07, 6.45) is 1.55. The van der Waals surface area contributed by atoms with Crippen LogP contribution >= 0.6 is 0 Å². The minimum absolute atomic E-state index is 0.0303. The maximum absolute atomic E-state index is 12.4. The Bertz CT molecular complexity index is 730. The van der Waals surface area contributed by atoms with E-state index < -0.39 is 9.84 Å².